The summed E-state index contributed by atoms with van der Waals surface area (Å²) in [5.74, 6) is 1.50. The molecule has 1 aromatic rings. The first kappa shape index (κ1) is 9.42. The first-order valence-electron chi connectivity index (χ1n) is 3.87. The number of nitrogens with two attached hydrogens (primary N) is 1. The minimum Gasteiger partial charge on any atom is -0.492 e. The standard InChI is InChI=1S/C9H13NOS/c10-8(7-12)6-11-9-4-2-1-3-5-9/h1-5,8,12H,6-7,10H2. The number of hydrogen-bond donors (Lipinski definition) is 2. The van der Waals surface area contributed by atoms with Gasteiger partial charge in [0, 0.05) is 11.8 Å². The minimum absolute atomic E-state index is 0.00791. The lowest BCUT2D eigenvalue weighted by atomic mass is 10.3. The van der Waals surface area contributed by atoms with Crippen molar-refractivity contribution >= 4 is 12.6 Å². The van der Waals surface area contributed by atoms with E-state index in [0.717, 1.165) is 5.75 Å². The Morgan fingerprint density at radius 2 is 2.00 bits per heavy atom. The lowest BCUT2D eigenvalue weighted by Crippen LogP contribution is -2.29. The third-order valence-electron chi connectivity index (χ3n) is 1.44. The van der Waals surface area contributed by atoms with E-state index >= 15 is 0 Å². The summed E-state index contributed by atoms with van der Waals surface area (Å²) in [5.41, 5.74) is 5.62. The number of hydrogen-bond acceptors (Lipinski definition) is 3. The Hall–Kier alpha value is -0.670. The molecule has 1 aromatic carbocycles. The molecule has 0 amide bonds. The molecule has 1 rings (SSSR count). The van der Waals surface area contributed by atoms with E-state index in [0.29, 0.717) is 12.4 Å². The van der Waals surface area contributed by atoms with Crippen molar-refractivity contribution in [1.82, 2.24) is 0 Å². The Labute approximate surface area is 78.1 Å². The molecule has 0 heterocycles. The van der Waals surface area contributed by atoms with E-state index in [1.165, 1.54) is 0 Å². The van der Waals surface area contributed by atoms with Gasteiger partial charge in [-0.2, -0.15) is 12.6 Å². The summed E-state index contributed by atoms with van der Waals surface area (Å²) in [5, 5.41) is 0. The van der Waals surface area contributed by atoms with Crippen molar-refractivity contribution in [2.45, 2.75) is 6.04 Å². The van der Waals surface area contributed by atoms with Gasteiger partial charge in [0.1, 0.15) is 12.4 Å². The Kier molecular flexibility index (Phi) is 3.97. The van der Waals surface area contributed by atoms with Gasteiger partial charge in [-0.3, -0.25) is 0 Å². The smallest absolute Gasteiger partial charge is 0.119 e. The average molecular weight is 183 g/mol. The normalized spacial score (nSPS) is 12.5. The SMILES string of the molecule is NC(CS)COc1ccccc1. The summed E-state index contributed by atoms with van der Waals surface area (Å²) in [6, 6.07) is 9.64. The van der Waals surface area contributed by atoms with Gasteiger partial charge < -0.3 is 10.5 Å². The summed E-state index contributed by atoms with van der Waals surface area (Å²) in [4.78, 5) is 0. The first-order chi connectivity index (χ1) is 5.83. The van der Waals surface area contributed by atoms with Gasteiger partial charge in [0.15, 0.2) is 0 Å². The summed E-state index contributed by atoms with van der Waals surface area (Å²) in [7, 11) is 0. The predicted octanol–water partition coefficient (Wildman–Crippen LogP) is 1.32. The van der Waals surface area contributed by atoms with Crippen LogP contribution in [-0.2, 0) is 0 Å². The van der Waals surface area contributed by atoms with Crippen LogP contribution in [0.1, 0.15) is 0 Å². The molecule has 66 valence electrons. The fourth-order valence-electron chi connectivity index (χ4n) is 0.773. The molecule has 0 radical (unpaired) electrons. The predicted molar refractivity (Wildman–Crippen MR) is 53.8 cm³/mol. The third-order valence-corrected chi connectivity index (χ3v) is 1.91. The van der Waals surface area contributed by atoms with Gasteiger partial charge in [-0.15, -0.1) is 0 Å². The van der Waals surface area contributed by atoms with Crippen LogP contribution in [-0.4, -0.2) is 18.4 Å². The average Bonchev–Trinajstić information content (AvgIpc) is 2.16. The highest BCUT2D eigenvalue weighted by molar-refractivity contribution is 7.80. The van der Waals surface area contributed by atoms with Crippen LogP contribution in [0.15, 0.2) is 30.3 Å². The van der Waals surface area contributed by atoms with Crippen LogP contribution >= 0.6 is 12.6 Å². The van der Waals surface area contributed by atoms with Gasteiger partial charge in [0.2, 0.25) is 0 Å². The quantitative estimate of drug-likeness (QED) is 0.691. The van der Waals surface area contributed by atoms with Gasteiger partial charge >= 0.3 is 0 Å². The molecule has 0 saturated heterocycles. The first-order valence-corrected chi connectivity index (χ1v) is 4.50. The number of rotatable bonds is 4. The van der Waals surface area contributed by atoms with Crippen LogP contribution in [0.2, 0.25) is 0 Å². The monoisotopic (exact) mass is 183 g/mol. The van der Waals surface area contributed by atoms with Crippen molar-refractivity contribution in [1.29, 1.82) is 0 Å². The molecule has 0 fully saturated rings. The fourth-order valence-corrected chi connectivity index (χ4v) is 0.878. The molecule has 0 aliphatic heterocycles. The largest absolute Gasteiger partial charge is 0.492 e. The van der Waals surface area contributed by atoms with E-state index in [-0.39, 0.29) is 6.04 Å². The minimum atomic E-state index is 0.00791. The molecule has 0 saturated carbocycles. The van der Waals surface area contributed by atoms with Gasteiger partial charge in [0.25, 0.3) is 0 Å². The Bertz CT molecular complexity index is 215. The number of benzene rings is 1. The van der Waals surface area contributed by atoms with E-state index in [4.69, 9.17) is 10.5 Å². The van der Waals surface area contributed by atoms with Crippen LogP contribution in [0.4, 0.5) is 0 Å². The van der Waals surface area contributed by atoms with Crippen LogP contribution < -0.4 is 10.5 Å². The molecular weight excluding hydrogens is 170 g/mol. The lowest BCUT2D eigenvalue weighted by Gasteiger charge is -2.09. The molecule has 3 heteroatoms. The molecule has 2 nitrogen and oxygen atoms in total. The maximum Gasteiger partial charge on any atom is 0.119 e. The van der Waals surface area contributed by atoms with Crippen molar-refractivity contribution in [3.05, 3.63) is 30.3 Å². The molecule has 2 N–H and O–H groups in total. The van der Waals surface area contributed by atoms with Crippen molar-refractivity contribution < 1.29 is 4.74 Å². The number of para-hydroxylation sites is 1. The summed E-state index contributed by atoms with van der Waals surface area (Å²) >= 11 is 4.06. The van der Waals surface area contributed by atoms with E-state index in [2.05, 4.69) is 12.6 Å². The van der Waals surface area contributed by atoms with E-state index < -0.39 is 0 Å². The second-order valence-electron chi connectivity index (χ2n) is 2.57. The Morgan fingerprint density at radius 3 is 2.58 bits per heavy atom. The molecule has 12 heavy (non-hydrogen) atoms. The van der Waals surface area contributed by atoms with Crippen molar-refractivity contribution in [3.8, 4) is 5.75 Å². The number of ether oxygens (including phenoxy) is 1. The highest BCUT2D eigenvalue weighted by Crippen LogP contribution is 2.08. The van der Waals surface area contributed by atoms with Crippen LogP contribution in [0.5, 0.6) is 5.75 Å². The Morgan fingerprint density at radius 1 is 1.33 bits per heavy atom. The second-order valence-corrected chi connectivity index (χ2v) is 2.93. The third kappa shape index (κ3) is 3.15. The molecular formula is C9H13NOS. The maximum absolute atomic E-state index is 5.62. The maximum atomic E-state index is 5.62. The number of thiol groups is 1. The van der Waals surface area contributed by atoms with Crippen molar-refractivity contribution in [2.75, 3.05) is 12.4 Å². The lowest BCUT2D eigenvalue weighted by molar-refractivity contribution is 0.298. The molecule has 0 aromatic heterocycles. The van der Waals surface area contributed by atoms with Crippen LogP contribution in [0.3, 0.4) is 0 Å². The zero-order valence-electron chi connectivity index (χ0n) is 6.81. The van der Waals surface area contributed by atoms with Crippen LogP contribution in [0.25, 0.3) is 0 Å². The molecule has 0 bridgehead atoms. The molecule has 0 aliphatic carbocycles. The van der Waals surface area contributed by atoms with Gasteiger partial charge in [-0.25, -0.2) is 0 Å². The highest BCUT2D eigenvalue weighted by atomic mass is 32.1. The van der Waals surface area contributed by atoms with Gasteiger partial charge in [-0.1, -0.05) is 18.2 Å². The van der Waals surface area contributed by atoms with Crippen LogP contribution in [0, 0.1) is 0 Å². The zero-order valence-corrected chi connectivity index (χ0v) is 7.71. The van der Waals surface area contributed by atoms with E-state index in [1.807, 2.05) is 30.3 Å². The topological polar surface area (TPSA) is 35.2 Å². The molecule has 1 unspecified atom stereocenters. The highest BCUT2D eigenvalue weighted by Gasteiger charge is 1.99. The summed E-state index contributed by atoms with van der Waals surface area (Å²) in [6.07, 6.45) is 0. The van der Waals surface area contributed by atoms with E-state index in [9.17, 15) is 0 Å². The zero-order chi connectivity index (χ0) is 8.81. The Balaban J connectivity index is 2.33. The fraction of sp³-hybridized carbons (Fsp3) is 0.333. The van der Waals surface area contributed by atoms with Crippen molar-refractivity contribution in [2.24, 2.45) is 5.73 Å². The van der Waals surface area contributed by atoms with Gasteiger partial charge in [-0.05, 0) is 12.1 Å². The molecule has 1 atom stereocenters. The molecule has 0 spiro atoms. The molecule has 0 aliphatic rings. The summed E-state index contributed by atoms with van der Waals surface area (Å²) in [6.45, 7) is 0.521. The second kappa shape index (κ2) is 5.06. The van der Waals surface area contributed by atoms with Gasteiger partial charge in [0.05, 0.1) is 0 Å². The summed E-state index contributed by atoms with van der Waals surface area (Å²) < 4.78 is 5.38. The van der Waals surface area contributed by atoms with E-state index in [1.54, 1.807) is 0 Å². The van der Waals surface area contributed by atoms with Crippen molar-refractivity contribution in [3.63, 3.8) is 0 Å².